The summed E-state index contributed by atoms with van der Waals surface area (Å²) < 4.78 is 33.0. The van der Waals surface area contributed by atoms with Crippen molar-refractivity contribution in [3.05, 3.63) is 52.9 Å². The average molecular weight is 349 g/mol. The number of thiophene rings is 1. The number of carbonyl (C=O) groups is 1. The molecule has 1 spiro atoms. The third-order valence-electron chi connectivity index (χ3n) is 4.44. The van der Waals surface area contributed by atoms with Crippen molar-refractivity contribution < 1.29 is 17.9 Å². The third-order valence-corrected chi connectivity index (χ3v) is 7.65. The summed E-state index contributed by atoms with van der Waals surface area (Å²) in [7, 11) is -3.54. The minimum absolute atomic E-state index is 0.177. The molecule has 5 nitrogen and oxygen atoms in total. The number of carbonyl (C=O) groups excluding carboxylic acids is 1. The molecule has 0 N–H and O–H groups in total. The van der Waals surface area contributed by atoms with E-state index in [9.17, 15) is 13.2 Å². The topological polar surface area (TPSA) is 63.7 Å². The van der Waals surface area contributed by atoms with Crippen molar-refractivity contribution in [2.24, 2.45) is 0 Å². The van der Waals surface area contributed by atoms with Gasteiger partial charge in [-0.25, -0.2) is 13.2 Å². The molecule has 3 heterocycles. The highest BCUT2D eigenvalue weighted by molar-refractivity contribution is 7.91. The van der Waals surface area contributed by atoms with Gasteiger partial charge in [-0.3, -0.25) is 0 Å². The van der Waals surface area contributed by atoms with Crippen LogP contribution in [0.3, 0.4) is 0 Å². The first-order valence-electron chi connectivity index (χ1n) is 7.39. The maximum absolute atomic E-state index is 12.8. The molecule has 2 aromatic rings. The molecule has 120 valence electrons. The molecule has 2 aliphatic heterocycles. The molecule has 1 fully saturated rings. The van der Waals surface area contributed by atoms with Crippen LogP contribution in [-0.4, -0.2) is 31.8 Å². The number of esters is 1. The van der Waals surface area contributed by atoms with Gasteiger partial charge in [-0.15, -0.1) is 11.3 Å². The summed E-state index contributed by atoms with van der Waals surface area (Å²) in [5.74, 6) is -0.365. The zero-order valence-corrected chi connectivity index (χ0v) is 13.9. The molecule has 1 saturated heterocycles. The highest BCUT2D eigenvalue weighted by atomic mass is 32.2. The Labute approximate surface area is 138 Å². The first-order chi connectivity index (χ1) is 11.0. The zero-order chi connectivity index (χ0) is 16.1. The smallest absolute Gasteiger partial charge is 0.339 e. The van der Waals surface area contributed by atoms with Crippen LogP contribution in [-0.2, 0) is 20.4 Å². The predicted molar refractivity (Wildman–Crippen MR) is 85.8 cm³/mol. The fraction of sp³-hybridized carbons (Fsp3) is 0.312. The van der Waals surface area contributed by atoms with Gasteiger partial charge < -0.3 is 4.74 Å². The molecule has 1 aromatic heterocycles. The van der Waals surface area contributed by atoms with Crippen molar-refractivity contribution >= 4 is 27.3 Å². The number of piperidine rings is 1. The van der Waals surface area contributed by atoms with Crippen LogP contribution in [0.15, 0.2) is 46.0 Å². The van der Waals surface area contributed by atoms with Gasteiger partial charge in [-0.05, 0) is 30.4 Å². The van der Waals surface area contributed by atoms with Crippen LogP contribution in [0, 0.1) is 0 Å². The summed E-state index contributed by atoms with van der Waals surface area (Å²) in [6.45, 7) is 0.623. The lowest BCUT2D eigenvalue weighted by Gasteiger charge is -2.38. The maximum atomic E-state index is 12.8. The van der Waals surface area contributed by atoms with Crippen LogP contribution in [0.2, 0.25) is 0 Å². The van der Waals surface area contributed by atoms with Gasteiger partial charge in [0.1, 0.15) is 4.21 Å². The summed E-state index contributed by atoms with van der Waals surface area (Å²) in [4.78, 5) is 12.1. The zero-order valence-electron chi connectivity index (χ0n) is 12.3. The van der Waals surface area contributed by atoms with E-state index < -0.39 is 15.6 Å². The second kappa shape index (κ2) is 5.15. The standard InChI is InChI=1S/C16H15NO4S2/c18-15-12-5-1-2-6-13(12)16(21-15)8-4-9-17(11-16)23(19,20)14-7-3-10-22-14/h1-3,5-7,10H,4,8-9,11H2. The van der Waals surface area contributed by atoms with Crippen LogP contribution in [0.5, 0.6) is 0 Å². The Morgan fingerprint density at radius 2 is 2.00 bits per heavy atom. The monoisotopic (exact) mass is 349 g/mol. The fourth-order valence-electron chi connectivity index (χ4n) is 3.38. The van der Waals surface area contributed by atoms with Gasteiger partial charge >= 0.3 is 5.97 Å². The van der Waals surface area contributed by atoms with E-state index in [0.29, 0.717) is 29.2 Å². The van der Waals surface area contributed by atoms with Gasteiger partial charge in [0.2, 0.25) is 0 Å². The van der Waals surface area contributed by atoms with E-state index in [4.69, 9.17) is 4.74 Å². The molecular weight excluding hydrogens is 334 g/mol. The van der Waals surface area contributed by atoms with Crippen LogP contribution in [0.4, 0.5) is 0 Å². The van der Waals surface area contributed by atoms with E-state index in [2.05, 4.69) is 0 Å². The fourth-order valence-corrected chi connectivity index (χ4v) is 6.05. The van der Waals surface area contributed by atoms with Crippen molar-refractivity contribution in [1.29, 1.82) is 0 Å². The van der Waals surface area contributed by atoms with Gasteiger partial charge in [0.15, 0.2) is 5.60 Å². The summed E-state index contributed by atoms with van der Waals surface area (Å²) in [5.41, 5.74) is 0.495. The molecule has 0 bridgehead atoms. The normalized spacial score (nSPS) is 24.6. The Morgan fingerprint density at radius 1 is 1.17 bits per heavy atom. The molecule has 0 amide bonds. The average Bonchev–Trinajstić information content (AvgIpc) is 3.17. The predicted octanol–water partition coefficient (Wildman–Crippen LogP) is 2.60. The molecule has 23 heavy (non-hydrogen) atoms. The Hall–Kier alpha value is -1.70. The highest BCUT2D eigenvalue weighted by Crippen LogP contribution is 2.43. The molecule has 7 heteroatoms. The van der Waals surface area contributed by atoms with Crippen molar-refractivity contribution in [3.8, 4) is 0 Å². The molecule has 1 aromatic carbocycles. The SMILES string of the molecule is O=C1OC2(CCCN(S(=O)(=O)c3cccs3)C2)c2ccccc21. The van der Waals surface area contributed by atoms with E-state index in [0.717, 1.165) is 5.56 Å². The number of nitrogens with zero attached hydrogens (tertiary/aromatic N) is 1. The minimum atomic E-state index is -3.54. The van der Waals surface area contributed by atoms with Gasteiger partial charge in [0.25, 0.3) is 10.0 Å². The van der Waals surface area contributed by atoms with Gasteiger partial charge in [-0.2, -0.15) is 4.31 Å². The highest BCUT2D eigenvalue weighted by Gasteiger charge is 2.50. The van der Waals surface area contributed by atoms with E-state index in [1.165, 1.54) is 15.6 Å². The quantitative estimate of drug-likeness (QED) is 0.782. The van der Waals surface area contributed by atoms with Crippen LogP contribution in [0.25, 0.3) is 0 Å². The third kappa shape index (κ3) is 2.22. The van der Waals surface area contributed by atoms with Crippen molar-refractivity contribution in [2.75, 3.05) is 13.1 Å². The molecule has 2 aliphatic rings. The Bertz CT molecular complexity index is 860. The number of sulfonamides is 1. The Morgan fingerprint density at radius 3 is 2.78 bits per heavy atom. The number of rotatable bonds is 2. The summed E-state index contributed by atoms with van der Waals surface area (Å²) in [5, 5.41) is 1.75. The van der Waals surface area contributed by atoms with E-state index in [1.54, 1.807) is 29.6 Å². The second-order valence-electron chi connectivity index (χ2n) is 5.80. The van der Waals surface area contributed by atoms with Crippen LogP contribution < -0.4 is 0 Å². The van der Waals surface area contributed by atoms with E-state index in [-0.39, 0.29) is 12.5 Å². The maximum Gasteiger partial charge on any atom is 0.339 e. The van der Waals surface area contributed by atoms with Gasteiger partial charge in [0.05, 0.1) is 12.1 Å². The first kappa shape index (κ1) is 14.9. The second-order valence-corrected chi connectivity index (χ2v) is 8.92. The molecule has 4 rings (SSSR count). The largest absolute Gasteiger partial charge is 0.449 e. The minimum Gasteiger partial charge on any atom is -0.449 e. The van der Waals surface area contributed by atoms with Crippen LogP contribution in [0.1, 0.15) is 28.8 Å². The Kier molecular flexibility index (Phi) is 3.33. The van der Waals surface area contributed by atoms with Crippen LogP contribution >= 0.6 is 11.3 Å². The lowest BCUT2D eigenvalue weighted by molar-refractivity contribution is -0.0345. The van der Waals surface area contributed by atoms with E-state index in [1.807, 2.05) is 12.1 Å². The van der Waals surface area contributed by atoms with Gasteiger partial charge in [-0.1, -0.05) is 24.3 Å². The van der Waals surface area contributed by atoms with Crippen molar-refractivity contribution in [2.45, 2.75) is 22.7 Å². The van der Waals surface area contributed by atoms with Crippen molar-refractivity contribution in [1.82, 2.24) is 4.31 Å². The number of ether oxygens (including phenoxy) is 1. The number of fused-ring (bicyclic) bond motifs is 2. The number of hydrogen-bond acceptors (Lipinski definition) is 5. The summed E-state index contributed by atoms with van der Waals surface area (Å²) in [6, 6.07) is 10.6. The van der Waals surface area contributed by atoms with Gasteiger partial charge in [0, 0.05) is 12.1 Å². The van der Waals surface area contributed by atoms with E-state index >= 15 is 0 Å². The summed E-state index contributed by atoms with van der Waals surface area (Å²) >= 11 is 1.20. The van der Waals surface area contributed by atoms with Crippen molar-refractivity contribution in [3.63, 3.8) is 0 Å². The lowest BCUT2D eigenvalue weighted by Crippen LogP contribution is -2.48. The number of benzene rings is 1. The molecule has 0 saturated carbocycles. The first-order valence-corrected chi connectivity index (χ1v) is 9.71. The molecule has 0 aliphatic carbocycles. The Balaban J connectivity index is 1.73. The molecule has 0 radical (unpaired) electrons. The number of hydrogen-bond donors (Lipinski definition) is 0. The molecule has 1 unspecified atom stereocenters. The molecular formula is C16H15NO4S2. The molecule has 1 atom stereocenters. The lowest BCUT2D eigenvalue weighted by atomic mass is 9.86. The summed E-state index contributed by atoms with van der Waals surface area (Å²) in [6.07, 6.45) is 1.30.